The average Bonchev–Trinajstić information content (AvgIpc) is 3.20. The van der Waals surface area contributed by atoms with Crippen molar-refractivity contribution >= 4 is 17.2 Å². The molecule has 0 saturated heterocycles. The van der Waals surface area contributed by atoms with Crippen LogP contribution < -0.4 is 5.32 Å². The summed E-state index contributed by atoms with van der Waals surface area (Å²) in [5, 5.41) is 5.89. The number of allylic oxidation sites excluding steroid dienone is 3. The van der Waals surface area contributed by atoms with Gasteiger partial charge >= 0.3 is 6.18 Å². The molecule has 0 spiro atoms. The summed E-state index contributed by atoms with van der Waals surface area (Å²) in [4.78, 5) is 12.1. The van der Waals surface area contributed by atoms with E-state index in [0.717, 1.165) is 16.8 Å². The van der Waals surface area contributed by atoms with Crippen LogP contribution in [-0.4, -0.2) is 15.7 Å². The van der Waals surface area contributed by atoms with Gasteiger partial charge in [0.25, 0.3) is 5.91 Å². The van der Waals surface area contributed by atoms with Crippen molar-refractivity contribution in [1.29, 1.82) is 0 Å². The number of rotatable bonds is 4. The number of aromatic nitrogens is 2. The minimum Gasteiger partial charge on any atom is -0.319 e. The summed E-state index contributed by atoms with van der Waals surface area (Å²) in [7, 11) is 0. The van der Waals surface area contributed by atoms with Gasteiger partial charge in [-0.25, -0.2) is 8.78 Å². The molecule has 1 aliphatic carbocycles. The van der Waals surface area contributed by atoms with Crippen LogP contribution in [0, 0.1) is 5.82 Å². The number of halogens is 5. The lowest BCUT2D eigenvalue weighted by atomic mass is 10.1. The Morgan fingerprint density at radius 1 is 1.29 bits per heavy atom. The molecule has 0 aliphatic heterocycles. The van der Waals surface area contributed by atoms with Crippen LogP contribution in [0.25, 0.3) is 10.6 Å². The first kappa shape index (κ1) is 20.2. The van der Waals surface area contributed by atoms with Crippen molar-refractivity contribution in [3.05, 3.63) is 52.2 Å². The second kappa shape index (κ2) is 7.50. The molecule has 28 heavy (non-hydrogen) atoms. The monoisotopic (exact) mass is 417 g/mol. The van der Waals surface area contributed by atoms with Crippen LogP contribution >= 0.6 is 11.3 Å². The van der Waals surface area contributed by atoms with E-state index in [9.17, 15) is 26.7 Å². The fraction of sp³-hybridized carbons (Fsp3) is 0.333. The lowest BCUT2D eigenvalue weighted by Gasteiger charge is -2.10. The Bertz CT molecular complexity index is 969. The zero-order valence-corrected chi connectivity index (χ0v) is 15.7. The molecule has 0 radical (unpaired) electrons. The number of carbonyl (C=O) groups is 1. The van der Waals surface area contributed by atoms with E-state index in [0.29, 0.717) is 17.8 Å². The molecule has 0 atom stereocenters. The fourth-order valence-corrected chi connectivity index (χ4v) is 3.62. The molecule has 10 heteroatoms. The van der Waals surface area contributed by atoms with Crippen molar-refractivity contribution in [3.63, 3.8) is 0 Å². The predicted octanol–water partition coefficient (Wildman–Crippen LogP) is 5.61. The van der Waals surface area contributed by atoms with Crippen molar-refractivity contribution in [3.8, 4) is 10.6 Å². The largest absolute Gasteiger partial charge is 0.435 e. The Morgan fingerprint density at radius 3 is 2.61 bits per heavy atom. The van der Waals surface area contributed by atoms with E-state index in [2.05, 4.69) is 10.4 Å². The van der Waals surface area contributed by atoms with Crippen molar-refractivity contribution in [2.24, 2.45) is 0 Å². The second-order valence-electron chi connectivity index (χ2n) is 6.45. The molecule has 0 unspecified atom stereocenters. The summed E-state index contributed by atoms with van der Waals surface area (Å²) in [5.41, 5.74) is -1.22. The van der Waals surface area contributed by atoms with Crippen molar-refractivity contribution < 1.29 is 26.7 Å². The molecule has 1 aliphatic rings. The Morgan fingerprint density at radius 2 is 2.00 bits per heavy atom. The Labute approximate surface area is 161 Å². The number of thiophene rings is 1. The lowest BCUT2D eigenvalue weighted by Crippen LogP contribution is -2.22. The van der Waals surface area contributed by atoms with Gasteiger partial charge in [0.1, 0.15) is 11.6 Å². The maximum atomic E-state index is 14.5. The summed E-state index contributed by atoms with van der Waals surface area (Å²) in [6, 6.07) is 1.21. The van der Waals surface area contributed by atoms with Gasteiger partial charge in [0.2, 0.25) is 0 Å². The predicted molar refractivity (Wildman–Crippen MR) is 94.9 cm³/mol. The number of amides is 1. The summed E-state index contributed by atoms with van der Waals surface area (Å²) >= 11 is 0.682. The molecule has 2 aromatic heterocycles. The average molecular weight is 417 g/mol. The van der Waals surface area contributed by atoms with Crippen LogP contribution in [0.2, 0.25) is 0 Å². The van der Waals surface area contributed by atoms with Crippen LogP contribution in [-0.2, 0) is 6.18 Å². The minimum absolute atomic E-state index is 0.00168. The smallest absolute Gasteiger partial charge is 0.319 e. The summed E-state index contributed by atoms with van der Waals surface area (Å²) < 4.78 is 68.3. The highest BCUT2D eigenvalue weighted by atomic mass is 32.1. The molecule has 2 heterocycles. The third-order valence-electron chi connectivity index (χ3n) is 4.01. The molecule has 2 aromatic rings. The number of hydrogen-bond donors (Lipinski definition) is 1. The molecule has 0 aromatic carbocycles. The van der Waals surface area contributed by atoms with E-state index < -0.39 is 35.5 Å². The van der Waals surface area contributed by atoms with Crippen LogP contribution in [0.15, 0.2) is 35.8 Å². The third-order valence-corrected chi connectivity index (χ3v) is 5.15. The van der Waals surface area contributed by atoms with E-state index in [-0.39, 0.29) is 27.6 Å². The molecule has 0 fully saturated rings. The van der Waals surface area contributed by atoms with E-state index in [1.807, 2.05) is 0 Å². The lowest BCUT2D eigenvalue weighted by molar-refractivity contribution is -0.141. The molecule has 0 saturated carbocycles. The highest BCUT2D eigenvalue weighted by Gasteiger charge is 2.36. The normalized spacial score (nSPS) is 14.9. The molecular weight excluding hydrogens is 401 g/mol. The number of carbonyl (C=O) groups excluding carboxylic acids is 1. The van der Waals surface area contributed by atoms with E-state index in [1.54, 1.807) is 19.9 Å². The Balaban J connectivity index is 1.96. The number of nitrogens with one attached hydrogen (secondary N) is 1. The van der Waals surface area contributed by atoms with E-state index >= 15 is 0 Å². The Kier molecular flexibility index (Phi) is 5.42. The molecule has 3 rings (SSSR count). The van der Waals surface area contributed by atoms with Gasteiger partial charge in [-0.3, -0.25) is 9.48 Å². The number of hydrogen-bond acceptors (Lipinski definition) is 3. The molecule has 150 valence electrons. The topological polar surface area (TPSA) is 46.9 Å². The molecule has 1 amide bonds. The fourth-order valence-electron chi connectivity index (χ4n) is 2.68. The summed E-state index contributed by atoms with van der Waals surface area (Å²) in [6.07, 6.45) is -0.891. The quantitative estimate of drug-likeness (QED) is 0.657. The highest BCUT2D eigenvalue weighted by Crippen LogP contribution is 2.37. The van der Waals surface area contributed by atoms with Gasteiger partial charge in [0.05, 0.1) is 21.1 Å². The van der Waals surface area contributed by atoms with Gasteiger partial charge in [-0.05, 0) is 38.5 Å². The number of alkyl halides is 3. The highest BCUT2D eigenvalue weighted by molar-refractivity contribution is 7.17. The van der Waals surface area contributed by atoms with E-state index in [4.69, 9.17) is 0 Å². The third kappa shape index (κ3) is 4.01. The maximum absolute atomic E-state index is 14.5. The molecule has 0 bridgehead atoms. The molecule has 4 nitrogen and oxygen atoms in total. The zero-order valence-electron chi connectivity index (χ0n) is 14.9. The van der Waals surface area contributed by atoms with E-state index in [1.165, 1.54) is 6.08 Å². The van der Waals surface area contributed by atoms with Crippen molar-refractivity contribution in [2.75, 3.05) is 0 Å². The standard InChI is InChI=1S/C18H16F5N3OS/c1-9(2)26-13(8-15(25-26)18(21,22)23)16-11(20)7-14(28-16)17(27)24-12-6-4-3-5-10(12)19/h4,6-9H,3,5H2,1-2H3,(H,24,27). The SMILES string of the molecule is CC(C)n1nc(C(F)(F)F)cc1-c1sc(C(=O)NC2=C(F)CCC=C2)cc1F. The zero-order chi connectivity index (χ0) is 20.6. The van der Waals surface area contributed by atoms with Crippen LogP contribution in [0.4, 0.5) is 22.0 Å². The first-order valence-electron chi connectivity index (χ1n) is 8.41. The van der Waals surface area contributed by atoms with Crippen LogP contribution in [0.3, 0.4) is 0 Å². The molecule has 1 N–H and O–H groups in total. The number of nitrogens with zero attached hydrogens (tertiary/aromatic N) is 2. The van der Waals surface area contributed by atoms with Crippen molar-refractivity contribution in [1.82, 2.24) is 15.1 Å². The van der Waals surface area contributed by atoms with Crippen molar-refractivity contribution in [2.45, 2.75) is 38.9 Å². The maximum Gasteiger partial charge on any atom is 0.435 e. The Hall–Kier alpha value is -2.49. The van der Waals surface area contributed by atoms with Gasteiger partial charge in [-0.15, -0.1) is 11.3 Å². The van der Waals surface area contributed by atoms with Gasteiger partial charge in [-0.1, -0.05) is 6.08 Å². The molecular formula is C18H16F5N3OS. The summed E-state index contributed by atoms with van der Waals surface area (Å²) in [5.74, 6) is -2.07. The first-order chi connectivity index (χ1) is 13.1. The second-order valence-corrected chi connectivity index (χ2v) is 7.50. The van der Waals surface area contributed by atoms with Gasteiger partial charge in [0, 0.05) is 12.5 Å². The minimum atomic E-state index is -4.68. The summed E-state index contributed by atoms with van der Waals surface area (Å²) in [6.45, 7) is 3.22. The first-order valence-corrected chi connectivity index (χ1v) is 9.22. The van der Waals surface area contributed by atoms with Gasteiger partial charge in [-0.2, -0.15) is 18.3 Å². The van der Waals surface area contributed by atoms with Crippen LogP contribution in [0.1, 0.15) is 48.1 Å². The van der Waals surface area contributed by atoms with Crippen LogP contribution in [0.5, 0.6) is 0 Å². The van der Waals surface area contributed by atoms with Gasteiger partial charge in [0.15, 0.2) is 5.69 Å². The van der Waals surface area contributed by atoms with Gasteiger partial charge < -0.3 is 5.32 Å².